The summed E-state index contributed by atoms with van der Waals surface area (Å²) in [5.41, 5.74) is 6.47. The Morgan fingerprint density at radius 1 is 1.36 bits per heavy atom. The molecule has 0 bridgehead atoms. The second-order valence-electron chi connectivity index (χ2n) is 2.90. The Morgan fingerprint density at radius 3 is 2.71 bits per heavy atom. The van der Waals surface area contributed by atoms with Gasteiger partial charge in [-0.05, 0) is 33.4 Å². The van der Waals surface area contributed by atoms with E-state index < -0.39 is 7.12 Å². The number of halogens is 1. The summed E-state index contributed by atoms with van der Waals surface area (Å²) in [6, 6.07) is 5.46. The third kappa shape index (κ3) is 1.54. The van der Waals surface area contributed by atoms with Gasteiger partial charge in [-0.25, -0.2) is 0 Å². The van der Waals surface area contributed by atoms with Crippen LogP contribution in [0.3, 0.4) is 0 Å². The Hall–Kier alpha value is -0.555. The van der Waals surface area contributed by atoms with E-state index >= 15 is 0 Å². The van der Waals surface area contributed by atoms with Crippen LogP contribution in [0.25, 0.3) is 10.1 Å². The fraction of sp³-hybridized carbons (Fsp3) is 0. The minimum absolute atomic E-state index is 0.504. The molecule has 1 aromatic carbocycles. The molecular weight excluding hydrogens is 265 g/mol. The zero-order chi connectivity index (χ0) is 10.3. The van der Waals surface area contributed by atoms with Crippen LogP contribution in [0.1, 0.15) is 0 Å². The lowest BCUT2D eigenvalue weighted by Crippen LogP contribution is -2.26. The molecule has 72 valence electrons. The van der Waals surface area contributed by atoms with Gasteiger partial charge in [0.05, 0.1) is 10.4 Å². The van der Waals surface area contributed by atoms with Crippen molar-refractivity contribution in [3.63, 3.8) is 0 Å². The normalized spacial score (nSPS) is 10.8. The predicted octanol–water partition coefficient (Wildman–Crippen LogP) is 0.926. The molecule has 0 atom stereocenters. The zero-order valence-electron chi connectivity index (χ0n) is 7.07. The molecular formula is C8H7BBrNO2S. The molecule has 0 spiro atoms. The van der Waals surface area contributed by atoms with Gasteiger partial charge in [0, 0.05) is 9.25 Å². The van der Waals surface area contributed by atoms with Crippen molar-refractivity contribution in [1.29, 1.82) is 0 Å². The average Bonchev–Trinajstić information content (AvgIpc) is 2.56. The Morgan fingerprint density at radius 2 is 2.07 bits per heavy atom. The molecule has 0 fully saturated rings. The van der Waals surface area contributed by atoms with Gasteiger partial charge in [0.1, 0.15) is 0 Å². The van der Waals surface area contributed by atoms with Crippen LogP contribution < -0.4 is 10.5 Å². The Kier molecular flexibility index (Phi) is 2.53. The van der Waals surface area contributed by atoms with Crippen LogP contribution >= 0.6 is 27.3 Å². The minimum Gasteiger partial charge on any atom is -0.423 e. The van der Waals surface area contributed by atoms with Crippen molar-refractivity contribution in [2.75, 3.05) is 5.73 Å². The minimum atomic E-state index is -1.43. The lowest BCUT2D eigenvalue weighted by atomic mass is 9.89. The first-order chi connectivity index (χ1) is 6.59. The van der Waals surface area contributed by atoms with Crippen molar-refractivity contribution < 1.29 is 10.0 Å². The smallest absolute Gasteiger partial charge is 0.423 e. The van der Waals surface area contributed by atoms with Crippen LogP contribution in [0.4, 0.5) is 5.69 Å². The Balaban J connectivity index is 2.71. The number of nitrogens with two attached hydrogens (primary N) is 1. The molecule has 6 heteroatoms. The summed E-state index contributed by atoms with van der Waals surface area (Å²) in [5, 5.41) is 18.9. The molecule has 4 N–H and O–H groups in total. The zero-order valence-corrected chi connectivity index (χ0v) is 9.47. The van der Waals surface area contributed by atoms with E-state index in [1.807, 2.05) is 12.1 Å². The third-order valence-electron chi connectivity index (χ3n) is 1.95. The lowest BCUT2D eigenvalue weighted by molar-refractivity contribution is 0.427. The van der Waals surface area contributed by atoms with Gasteiger partial charge in [-0.15, -0.1) is 11.3 Å². The monoisotopic (exact) mass is 271 g/mol. The van der Waals surface area contributed by atoms with E-state index in [1.165, 1.54) is 11.3 Å². The number of nitrogen functional groups attached to an aromatic ring is 1. The van der Waals surface area contributed by atoms with Crippen molar-refractivity contribution in [2.45, 2.75) is 0 Å². The van der Waals surface area contributed by atoms with E-state index in [9.17, 15) is 0 Å². The molecule has 0 aliphatic carbocycles. The summed E-state index contributed by atoms with van der Waals surface area (Å²) in [4.78, 5) is 0. The highest BCUT2D eigenvalue weighted by molar-refractivity contribution is 9.10. The molecule has 1 heterocycles. The van der Waals surface area contributed by atoms with Gasteiger partial charge < -0.3 is 15.8 Å². The number of hydrogen-bond acceptors (Lipinski definition) is 4. The highest BCUT2D eigenvalue weighted by Gasteiger charge is 2.16. The second-order valence-corrected chi connectivity index (χ2v) is 4.84. The Labute approximate surface area is 93.4 Å². The molecule has 0 amide bonds. The summed E-state index contributed by atoms with van der Waals surface area (Å²) in [6.45, 7) is 0. The molecule has 2 aromatic rings. The summed E-state index contributed by atoms with van der Waals surface area (Å²) in [6.07, 6.45) is 0. The molecule has 0 radical (unpaired) electrons. The van der Waals surface area contributed by atoms with Crippen molar-refractivity contribution in [3.05, 3.63) is 22.7 Å². The molecule has 3 nitrogen and oxygen atoms in total. The largest absolute Gasteiger partial charge is 0.499 e. The maximum absolute atomic E-state index is 9.00. The molecule has 0 saturated carbocycles. The SMILES string of the molecule is Nc1c(Br)ccc2cc(B(O)O)sc12. The van der Waals surface area contributed by atoms with E-state index in [0.717, 1.165) is 14.6 Å². The highest BCUT2D eigenvalue weighted by atomic mass is 79.9. The first-order valence-electron chi connectivity index (χ1n) is 3.93. The molecule has 0 saturated heterocycles. The van der Waals surface area contributed by atoms with Crippen molar-refractivity contribution in [1.82, 2.24) is 0 Å². The van der Waals surface area contributed by atoms with Gasteiger partial charge in [0.2, 0.25) is 0 Å². The van der Waals surface area contributed by atoms with Crippen molar-refractivity contribution >= 4 is 54.9 Å². The van der Waals surface area contributed by atoms with Crippen LogP contribution in [0.15, 0.2) is 22.7 Å². The average molecular weight is 272 g/mol. The number of rotatable bonds is 1. The van der Waals surface area contributed by atoms with E-state index in [1.54, 1.807) is 6.07 Å². The van der Waals surface area contributed by atoms with Crippen molar-refractivity contribution in [3.8, 4) is 0 Å². The third-order valence-corrected chi connectivity index (χ3v) is 3.86. The second kappa shape index (κ2) is 3.54. The van der Waals surface area contributed by atoms with Crippen LogP contribution in [-0.2, 0) is 0 Å². The van der Waals surface area contributed by atoms with Gasteiger partial charge in [-0.1, -0.05) is 6.07 Å². The first-order valence-corrected chi connectivity index (χ1v) is 5.54. The standard InChI is InChI=1S/C8H7BBrNO2S/c10-5-2-1-4-3-6(9(12)13)14-8(4)7(5)11/h1-3,12-13H,11H2. The fourth-order valence-electron chi connectivity index (χ4n) is 1.25. The van der Waals surface area contributed by atoms with E-state index in [-0.39, 0.29) is 0 Å². The van der Waals surface area contributed by atoms with E-state index in [2.05, 4.69) is 15.9 Å². The number of anilines is 1. The molecule has 0 unspecified atom stereocenters. The van der Waals surface area contributed by atoms with Crippen molar-refractivity contribution in [2.24, 2.45) is 0 Å². The number of thiophene rings is 1. The van der Waals surface area contributed by atoms with Gasteiger partial charge in [0.15, 0.2) is 0 Å². The number of fused-ring (bicyclic) bond motifs is 1. The topological polar surface area (TPSA) is 66.5 Å². The molecule has 0 aliphatic rings. The summed E-state index contributed by atoms with van der Waals surface area (Å²) in [5.74, 6) is 0. The quantitative estimate of drug-likeness (QED) is 0.534. The van der Waals surface area contributed by atoms with Gasteiger partial charge in [-0.3, -0.25) is 0 Å². The molecule has 2 rings (SSSR count). The number of hydrogen-bond donors (Lipinski definition) is 3. The first kappa shape index (κ1) is 9.98. The predicted molar refractivity (Wildman–Crippen MR) is 63.8 cm³/mol. The van der Waals surface area contributed by atoms with Gasteiger partial charge in [-0.2, -0.15) is 0 Å². The maximum atomic E-state index is 9.00. The molecule has 0 aliphatic heterocycles. The summed E-state index contributed by atoms with van der Waals surface area (Å²) >= 11 is 4.61. The van der Waals surface area contributed by atoms with E-state index in [0.29, 0.717) is 10.5 Å². The lowest BCUT2D eigenvalue weighted by Gasteiger charge is -1.97. The van der Waals surface area contributed by atoms with Crippen LogP contribution in [0.2, 0.25) is 0 Å². The van der Waals surface area contributed by atoms with E-state index in [4.69, 9.17) is 15.8 Å². The maximum Gasteiger partial charge on any atom is 0.499 e. The van der Waals surface area contributed by atoms with Crippen LogP contribution in [-0.4, -0.2) is 17.2 Å². The number of benzene rings is 1. The van der Waals surface area contributed by atoms with Gasteiger partial charge in [0.25, 0.3) is 0 Å². The summed E-state index contributed by atoms with van der Waals surface area (Å²) < 4.78 is 2.21. The van der Waals surface area contributed by atoms with Crippen LogP contribution in [0.5, 0.6) is 0 Å². The molecule has 1 aromatic heterocycles. The van der Waals surface area contributed by atoms with Gasteiger partial charge >= 0.3 is 7.12 Å². The molecule has 14 heavy (non-hydrogen) atoms. The Bertz CT molecular complexity index is 485. The van der Waals surface area contributed by atoms with Crippen LogP contribution in [0, 0.1) is 0 Å². The summed E-state index contributed by atoms with van der Waals surface area (Å²) in [7, 11) is -1.43. The fourth-order valence-corrected chi connectivity index (χ4v) is 2.70. The highest BCUT2D eigenvalue weighted by Crippen LogP contribution is 2.31.